The number of esters is 1. The number of hydrogen-bond donors (Lipinski definition) is 2. The van der Waals surface area contributed by atoms with Crippen molar-refractivity contribution >= 4 is 11.9 Å². The molecule has 76 valence electrons. The van der Waals surface area contributed by atoms with E-state index in [2.05, 4.69) is 11.3 Å². The molecule has 5 heteroatoms. The molecular formula is C8H15NO4. The predicted octanol–water partition coefficient (Wildman–Crippen LogP) is 0.501. The molecule has 0 aromatic carbocycles. The first-order chi connectivity index (χ1) is 5.77. The summed E-state index contributed by atoms with van der Waals surface area (Å²) in [6.07, 6.45) is -0.547. The zero-order valence-electron chi connectivity index (χ0n) is 8.03. The van der Waals surface area contributed by atoms with E-state index in [1.165, 1.54) is 0 Å². The summed E-state index contributed by atoms with van der Waals surface area (Å²) in [5, 5.41) is 7.42. The average molecular weight is 189 g/mol. The summed E-state index contributed by atoms with van der Waals surface area (Å²) in [4.78, 5) is 19.6. The maximum Gasteiger partial charge on any atom is 0.334 e. The van der Waals surface area contributed by atoms with Crippen LogP contribution in [-0.2, 0) is 14.3 Å². The molecule has 0 aliphatic carbocycles. The van der Waals surface area contributed by atoms with Gasteiger partial charge in [0.25, 0.3) is 5.97 Å². The summed E-state index contributed by atoms with van der Waals surface area (Å²) in [6, 6.07) is 0. The number of carboxylic acids is 1. The highest BCUT2D eigenvalue weighted by Crippen LogP contribution is 1.92. The highest BCUT2D eigenvalue weighted by atomic mass is 16.6. The van der Waals surface area contributed by atoms with Gasteiger partial charge in [-0.15, -0.1) is 0 Å². The molecule has 13 heavy (non-hydrogen) atoms. The molecule has 0 aromatic rings. The maximum absolute atomic E-state index is 10.6. The van der Waals surface area contributed by atoms with Crippen molar-refractivity contribution in [2.75, 3.05) is 0 Å². The van der Waals surface area contributed by atoms with E-state index in [-0.39, 0.29) is 0 Å². The summed E-state index contributed by atoms with van der Waals surface area (Å²) < 4.78 is 4.55. The lowest BCUT2D eigenvalue weighted by atomic mass is 10.4. The van der Waals surface area contributed by atoms with Gasteiger partial charge < -0.3 is 9.84 Å². The topological polar surface area (TPSA) is 89.6 Å². The second kappa shape index (κ2) is 7.30. The quantitative estimate of drug-likeness (QED) is 0.375. The Bertz CT molecular complexity index is 194. The SMILES string of the molecule is C=C(C)C(=O)OC(C)N.CC(=O)O. The number of ether oxygens (including phenoxy) is 1. The molecule has 3 N–H and O–H groups in total. The van der Waals surface area contributed by atoms with E-state index in [0.717, 1.165) is 6.92 Å². The predicted molar refractivity (Wildman–Crippen MR) is 47.9 cm³/mol. The summed E-state index contributed by atoms with van der Waals surface area (Å²) in [5.41, 5.74) is 5.51. The molecule has 0 saturated heterocycles. The van der Waals surface area contributed by atoms with E-state index in [0.29, 0.717) is 5.57 Å². The highest BCUT2D eigenvalue weighted by molar-refractivity contribution is 5.86. The lowest BCUT2D eigenvalue weighted by Crippen LogP contribution is -2.23. The van der Waals surface area contributed by atoms with Gasteiger partial charge in [0, 0.05) is 12.5 Å². The summed E-state index contributed by atoms with van der Waals surface area (Å²) in [5.74, 6) is -1.27. The van der Waals surface area contributed by atoms with Crippen molar-refractivity contribution in [2.45, 2.75) is 27.0 Å². The average Bonchev–Trinajstić information content (AvgIpc) is 1.83. The fourth-order valence-electron chi connectivity index (χ4n) is 0.269. The van der Waals surface area contributed by atoms with Crippen molar-refractivity contribution in [3.63, 3.8) is 0 Å². The molecule has 5 nitrogen and oxygen atoms in total. The van der Waals surface area contributed by atoms with E-state index in [4.69, 9.17) is 15.6 Å². The molecule has 0 amide bonds. The largest absolute Gasteiger partial charge is 0.481 e. The van der Waals surface area contributed by atoms with E-state index >= 15 is 0 Å². The van der Waals surface area contributed by atoms with Gasteiger partial charge in [0.05, 0.1) is 0 Å². The molecule has 0 rings (SSSR count). The van der Waals surface area contributed by atoms with Crippen LogP contribution in [-0.4, -0.2) is 23.3 Å². The van der Waals surface area contributed by atoms with Crippen molar-refractivity contribution in [3.05, 3.63) is 12.2 Å². The molecule has 0 radical (unpaired) electrons. The third kappa shape index (κ3) is 18.0. The Kier molecular flexibility index (Phi) is 7.96. The van der Waals surface area contributed by atoms with Crippen LogP contribution in [0.1, 0.15) is 20.8 Å². The minimum atomic E-state index is -0.833. The van der Waals surface area contributed by atoms with Gasteiger partial charge in [-0.1, -0.05) is 6.58 Å². The highest BCUT2D eigenvalue weighted by Gasteiger charge is 2.03. The van der Waals surface area contributed by atoms with Gasteiger partial charge in [0.1, 0.15) is 6.23 Å². The van der Waals surface area contributed by atoms with Crippen LogP contribution in [0.15, 0.2) is 12.2 Å². The standard InChI is InChI=1S/C6H11NO2.C2H4O2/c1-4(2)6(8)9-5(3)7;1-2(3)4/h5H,1,7H2,2-3H3;1H3,(H,3,4). The van der Waals surface area contributed by atoms with Crippen molar-refractivity contribution in [1.29, 1.82) is 0 Å². The molecular weight excluding hydrogens is 174 g/mol. The normalized spacial score (nSPS) is 10.5. The molecule has 1 atom stereocenters. The van der Waals surface area contributed by atoms with E-state index in [9.17, 15) is 4.79 Å². The zero-order valence-corrected chi connectivity index (χ0v) is 8.03. The Morgan fingerprint density at radius 2 is 1.77 bits per heavy atom. The van der Waals surface area contributed by atoms with Crippen LogP contribution in [0.4, 0.5) is 0 Å². The number of carboxylic acid groups (broad SMARTS) is 1. The van der Waals surface area contributed by atoms with E-state index in [1.54, 1.807) is 13.8 Å². The number of rotatable bonds is 2. The maximum atomic E-state index is 10.6. The van der Waals surface area contributed by atoms with Gasteiger partial charge in [0.2, 0.25) is 0 Å². The number of nitrogens with two attached hydrogens (primary N) is 1. The molecule has 0 heterocycles. The van der Waals surface area contributed by atoms with E-state index < -0.39 is 18.2 Å². The molecule has 0 saturated carbocycles. The van der Waals surface area contributed by atoms with Crippen molar-refractivity contribution in [1.82, 2.24) is 0 Å². The Balaban J connectivity index is 0. The Morgan fingerprint density at radius 3 is 1.85 bits per heavy atom. The monoisotopic (exact) mass is 189 g/mol. The summed E-state index contributed by atoms with van der Waals surface area (Å²) >= 11 is 0. The van der Waals surface area contributed by atoms with Gasteiger partial charge in [-0.3, -0.25) is 10.5 Å². The molecule has 0 aromatic heterocycles. The van der Waals surface area contributed by atoms with Gasteiger partial charge >= 0.3 is 5.97 Å². The van der Waals surface area contributed by atoms with Crippen LogP contribution in [0.3, 0.4) is 0 Å². The van der Waals surface area contributed by atoms with Crippen LogP contribution in [0.5, 0.6) is 0 Å². The number of aliphatic carboxylic acids is 1. The lowest BCUT2D eigenvalue weighted by Gasteiger charge is -2.05. The second-order valence-electron chi connectivity index (χ2n) is 2.41. The zero-order chi connectivity index (χ0) is 11.0. The van der Waals surface area contributed by atoms with Gasteiger partial charge in [-0.05, 0) is 13.8 Å². The van der Waals surface area contributed by atoms with Crippen LogP contribution in [0, 0.1) is 0 Å². The van der Waals surface area contributed by atoms with E-state index in [1.807, 2.05) is 0 Å². The Hall–Kier alpha value is -1.36. The minimum absolute atomic E-state index is 0.368. The summed E-state index contributed by atoms with van der Waals surface area (Å²) in [7, 11) is 0. The lowest BCUT2D eigenvalue weighted by molar-refractivity contribution is -0.143. The minimum Gasteiger partial charge on any atom is -0.481 e. The van der Waals surface area contributed by atoms with Gasteiger partial charge in [0.15, 0.2) is 0 Å². The van der Waals surface area contributed by atoms with Crippen LogP contribution < -0.4 is 5.73 Å². The number of carbonyl (C=O) groups excluding carboxylic acids is 1. The van der Waals surface area contributed by atoms with Crippen molar-refractivity contribution < 1.29 is 19.4 Å². The summed E-state index contributed by atoms with van der Waals surface area (Å²) in [6.45, 7) is 7.62. The molecule has 0 spiro atoms. The van der Waals surface area contributed by atoms with Crippen molar-refractivity contribution in [3.8, 4) is 0 Å². The van der Waals surface area contributed by atoms with Gasteiger partial charge in [-0.25, -0.2) is 4.79 Å². The smallest absolute Gasteiger partial charge is 0.334 e. The molecule has 0 aliphatic rings. The second-order valence-corrected chi connectivity index (χ2v) is 2.41. The molecule has 0 aliphatic heterocycles. The Labute approximate surface area is 77.2 Å². The molecule has 0 bridgehead atoms. The molecule has 1 unspecified atom stereocenters. The van der Waals surface area contributed by atoms with Gasteiger partial charge in [-0.2, -0.15) is 0 Å². The van der Waals surface area contributed by atoms with Crippen LogP contribution in [0.2, 0.25) is 0 Å². The first-order valence-electron chi connectivity index (χ1n) is 3.59. The fourth-order valence-corrected chi connectivity index (χ4v) is 0.269. The first-order valence-corrected chi connectivity index (χ1v) is 3.59. The van der Waals surface area contributed by atoms with Crippen LogP contribution in [0.25, 0.3) is 0 Å². The number of hydrogen-bond acceptors (Lipinski definition) is 4. The Morgan fingerprint density at radius 1 is 1.46 bits per heavy atom. The van der Waals surface area contributed by atoms with Crippen LogP contribution >= 0.6 is 0 Å². The van der Waals surface area contributed by atoms with Crippen molar-refractivity contribution in [2.24, 2.45) is 5.73 Å². The molecule has 0 fully saturated rings. The third-order valence-electron chi connectivity index (χ3n) is 0.641. The first kappa shape index (κ1) is 14.2. The number of carbonyl (C=O) groups is 2. The fraction of sp³-hybridized carbons (Fsp3) is 0.500. The third-order valence-corrected chi connectivity index (χ3v) is 0.641.